The molecule has 2 aromatic heterocycles. The molecule has 1 saturated heterocycles. The van der Waals surface area contributed by atoms with E-state index in [1.165, 1.54) is 0 Å². The first-order valence-electron chi connectivity index (χ1n) is 7.61. The van der Waals surface area contributed by atoms with Crippen LogP contribution in [-0.4, -0.2) is 37.9 Å². The Bertz CT molecular complexity index is 648. The van der Waals surface area contributed by atoms with Crippen LogP contribution < -0.4 is 5.32 Å². The average Bonchev–Trinajstić information content (AvgIpc) is 3.20. The van der Waals surface area contributed by atoms with Crippen molar-refractivity contribution in [1.82, 2.24) is 24.6 Å². The second-order valence-electron chi connectivity index (χ2n) is 5.55. The van der Waals surface area contributed by atoms with E-state index in [0.717, 1.165) is 25.2 Å². The molecule has 1 amide bonds. The highest BCUT2D eigenvalue weighted by Gasteiger charge is 2.33. The molecule has 7 heteroatoms. The van der Waals surface area contributed by atoms with Crippen molar-refractivity contribution in [2.75, 3.05) is 6.61 Å². The van der Waals surface area contributed by atoms with Gasteiger partial charge in [0.1, 0.15) is 11.9 Å². The van der Waals surface area contributed by atoms with Crippen LogP contribution in [0.15, 0.2) is 24.8 Å². The molecular formula is C15H21N5O2. The molecule has 0 spiro atoms. The van der Waals surface area contributed by atoms with Crippen LogP contribution in [0.2, 0.25) is 0 Å². The van der Waals surface area contributed by atoms with E-state index in [1.807, 2.05) is 17.8 Å². The Morgan fingerprint density at radius 3 is 3.14 bits per heavy atom. The third-order valence-electron chi connectivity index (χ3n) is 3.87. The zero-order valence-corrected chi connectivity index (χ0v) is 12.9. The maximum atomic E-state index is 12.4. The molecule has 1 N–H and O–H groups in total. The van der Waals surface area contributed by atoms with Crippen molar-refractivity contribution in [1.29, 1.82) is 0 Å². The number of aromatic nitrogens is 4. The molecular weight excluding hydrogens is 282 g/mol. The summed E-state index contributed by atoms with van der Waals surface area (Å²) in [5, 5.41) is 7.24. The number of ether oxygens (including phenoxy) is 1. The second kappa shape index (κ2) is 6.31. The summed E-state index contributed by atoms with van der Waals surface area (Å²) in [7, 11) is 1.93. The van der Waals surface area contributed by atoms with Crippen molar-refractivity contribution in [3.63, 3.8) is 0 Å². The van der Waals surface area contributed by atoms with Crippen LogP contribution >= 0.6 is 0 Å². The third kappa shape index (κ3) is 2.89. The number of rotatable bonds is 5. The van der Waals surface area contributed by atoms with Crippen molar-refractivity contribution in [3.05, 3.63) is 36.2 Å². The Labute approximate surface area is 129 Å². The van der Waals surface area contributed by atoms with Gasteiger partial charge in [0.2, 0.25) is 0 Å². The molecule has 1 fully saturated rings. The predicted molar refractivity (Wildman–Crippen MR) is 80.3 cm³/mol. The van der Waals surface area contributed by atoms with Gasteiger partial charge in [-0.15, -0.1) is 0 Å². The Hall–Kier alpha value is -2.15. The summed E-state index contributed by atoms with van der Waals surface area (Å²) < 4.78 is 9.47. The third-order valence-corrected chi connectivity index (χ3v) is 3.87. The summed E-state index contributed by atoms with van der Waals surface area (Å²) in [4.78, 5) is 16.7. The number of imidazole rings is 1. The number of hydrogen-bond donors (Lipinski definition) is 1. The Morgan fingerprint density at radius 1 is 1.55 bits per heavy atom. The molecule has 2 aromatic rings. The minimum absolute atomic E-state index is 0.0666. The van der Waals surface area contributed by atoms with Gasteiger partial charge in [0.25, 0.3) is 5.91 Å². The molecule has 1 aliphatic heterocycles. The number of aryl methyl sites for hydroxylation is 2. The van der Waals surface area contributed by atoms with Gasteiger partial charge in [0.15, 0.2) is 0 Å². The minimum atomic E-state index is -0.199. The minimum Gasteiger partial charge on any atom is -0.368 e. The van der Waals surface area contributed by atoms with Crippen molar-refractivity contribution in [2.45, 2.75) is 38.5 Å². The first kappa shape index (κ1) is 14.8. The Morgan fingerprint density at radius 2 is 2.41 bits per heavy atom. The fraction of sp³-hybridized carbons (Fsp3) is 0.533. The first-order chi connectivity index (χ1) is 10.7. The molecule has 0 unspecified atom stereocenters. The molecule has 7 nitrogen and oxygen atoms in total. The van der Waals surface area contributed by atoms with Gasteiger partial charge in [-0.3, -0.25) is 9.48 Å². The first-order valence-corrected chi connectivity index (χ1v) is 7.61. The largest absolute Gasteiger partial charge is 0.368 e. The lowest BCUT2D eigenvalue weighted by Crippen LogP contribution is -2.37. The van der Waals surface area contributed by atoms with Crippen molar-refractivity contribution < 1.29 is 9.53 Å². The van der Waals surface area contributed by atoms with E-state index < -0.39 is 0 Å². The zero-order chi connectivity index (χ0) is 15.5. The molecule has 2 atom stereocenters. The molecule has 0 aliphatic carbocycles. The quantitative estimate of drug-likeness (QED) is 0.903. The maximum Gasteiger partial charge on any atom is 0.254 e. The Kier molecular flexibility index (Phi) is 4.24. The smallest absolute Gasteiger partial charge is 0.254 e. The fourth-order valence-electron chi connectivity index (χ4n) is 2.73. The predicted octanol–water partition coefficient (Wildman–Crippen LogP) is 1.29. The topological polar surface area (TPSA) is 74.0 Å². The van der Waals surface area contributed by atoms with E-state index in [-0.39, 0.29) is 18.1 Å². The molecule has 1 aliphatic rings. The average molecular weight is 303 g/mol. The SMILES string of the molecule is CCCn1cc(C(=O)N[C@H]2CCO[C@@H]2c2nccn2C)cn1. The second-order valence-corrected chi connectivity index (χ2v) is 5.55. The summed E-state index contributed by atoms with van der Waals surface area (Å²) in [6, 6.07) is -0.0666. The van der Waals surface area contributed by atoms with Crippen molar-refractivity contribution in [2.24, 2.45) is 7.05 Å². The standard InChI is InChI=1S/C15H21N5O2/c1-3-6-20-10-11(9-17-20)15(21)18-12-4-8-22-13(12)14-16-5-7-19(14)2/h5,7,9-10,12-13H,3-4,6,8H2,1-2H3,(H,18,21)/t12-,13-/m0/s1. The van der Waals surface area contributed by atoms with Gasteiger partial charge < -0.3 is 14.6 Å². The fourth-order valence-corrected chi connectivity index (χ4v) is 2.73. The van der Waals surface area contributed by atoms with E-state index in [2.05, 4.69) is 22.3 Å². The van der Waals surface area contributed by atoms with Gasteiger partial charge in [-0.25, -0.2) is 4.98 Å². The number of amides is 1. The normalized spacial score (nSPS) is 21.2. The van der Waals surface area contributed by atoms with Gasteiger partial charge in [-0.2, -0.15) is 5.10 Å². The number of carbonyl (C=O) groups is 1. The van der Waals surface area contributed by atoms with Crippen LogP contribution in [-0.2, 0) is 18.3 Å². The Balaban J connectivity index is 1.68. The molecule has 22 heavy (non-hydrogen) atoms. The van der Waals surface area contributed by atoms with E-state index in [9.17, 15) is 4.79 Å². The van der Waals surface area contributed by atoms with E-state index in [4.69, 9.17) is 4.74 Å². The monoisotopic (exact) mass is 303 g/mol. The molecule has 3 rings (SSSR count). The molecule has 0 saturated carbocycles. The van der Waals surface area contributed by atoms with Gasteiger partial charge in [-0.05, 0) is 12.8 Å². The summed E-state index contributed by atoms with van der Waals surface area (Å²) in [6.45, 7) is 3.52. The van der Waals surface area contributed by atoms with E-state index in [1.54, 1.807) is 23.3 Å². The molecule has 118 valence electrons. The van der Waals surface area contributed by atoms with Gasteiger partial charge in [0, 0.05) is 38.8 Å². The van der Waals surface area contributed by atoms with Crippen LogP contribution in [0.4, 0.5) is 0 Å². The highest BCUT2D eigenvalue weighted by molar-refractivity contribution is 5.93. The number of hydrogen-bond acceptors (Lipinski definition) is 4. The van der Waals surface area contributed by atoms with Gasteiger partial charge in [-0.1, -0.05) is 6.92 Å². The summed E-state index contributed by atoms with van der Waals surface area (Å²) >= 11 is 0. The van der Waals surface area contributed by atoms with E-state index in [0.29, 0.717) is 12.2 Å². The van der Waals surface area contributed by atoms with Crippen molar-refractivity contribution in [3.8, 4) is 0 Å². The molecule has 0 bridgehead atoms. The molecule has 0 aromatic carbocycles. The lowest BCUT2D eigenvalue weighted by Gasteiger charge is -2.19. The molecule has 3 heterocycles. The van der Waals surface area contributed by atoms with Crippen LogP contribution in [0, 0.1) is 0 Å². The zero-order valence-electron chi connectivity index (χ0n) is 12.9. The summed E-state index contributed by atoms with van der Waals surface area (Å²) in [5.41, 5.74) is 0.582. The number of nitrogens with zero attached hydrogens (tertiary/aromatic N) is 4. The summed E-state index contributed by atoms with van der Waals surface area (Å²) in [6.07, 6.45) is 8.58. The van der Waals surface area contributed by atoms with Crippen LogP contribution in [0.25, 0.3) is 0 Å². The maximum absolute atomic E-state index is 12.4. The van der Waals surface area contributed by atoms with E-state index >= 15 is 0 Å². The van der Waals surface area contributed by atoms with Crippen molar-refractivity contribution >= 4 is 5.91 Å². The highest BCUT2D eigenvalue weighted by atomic mass is 16.5. The van der Waals surface area contributed by atoms with Crippen LogP contribution in [0.5, 0.6) is 0 Å². The van der Waals surface area contributed by atoms with Crippen LogP contribution in [0.1, 0.15) is 42.1 Å². The van der Waals surface area contributed by atoms with Gasteiger partial charge in [0.05, 0.1) is 17.8 Å². The lowest BCUT2D eigenvalue weighted by atomic mass is 10.1. The van der Waals surface area contributed by atoms with Gasteiger partial charge >= 0.3 is 0 Å². The molecule has 0 radical (unpaired) electrons. The van der Waals surface area contributed by atoms with Crippen LogP contribution in [0.3, 0.4) is 0 Å². The summed E-state index contributed by atoms with van der Waals surface area (Å²) in [5.74, 6) is 0.724. The number of carbonyl (C=O) groups excluding carboxylic acids is 1. The highest BCUT2D eigenvalue weighted by Crippen LogP contribution is 2.27. The number of nitrogens with one attached hydrogen (secondary N) is 1. The lowest BCUT2D eigenvalue weighted by molar-refractivity contribution is 0.0779.